The third-order valence-electron chi connectivity index (χ3n) is 5.67. The number of hydrogen-bond acceptors (Lipinski definition) is 4. The topological polar surface area (TPSA) is 56.0 Å². The standard InChI is InChI=1S/C27H22N2O3/c1-31-22-7-3-19(4-8-22)25-26(20-5-9-23(32-2)10-6-20)29-16-13-21(17-24(29)27(25)30)18-11-14-28-15-12-18/h3-17,30H,1-2H3. The summed E-state index contributed by atoms with van der Waals surface area (Å²) in [7, 11) is 3.29. The van der Waals surface area contributed by atoms with Crippen molar-refractivity contribution >= 4 is 5.52 Å². The summed E-state index contributed by atoms with van der Waals surface area (Å²) in [5, 5.41) is 11.4. The van der Waals surface area contributed by atoms with Gasteiger partial charge in [0.2, 0.25) is 0 Å². The molecule has 0 saturated heterocycles. The number of pyridine rings is 2. The van der Waals surface area contributed by atoms with Gasteiger partial charge < -0.3 is 19.0 Å². The molecule has 32 heavy (non-hydrogen) atoms. The average molecular weight is 422 g/mol. The van der Waals surface area contributed by atoms with Crippen molar-refractivity contribution in [3.05, 3.63) is 91.4 Å². The Balaban J connectivity index is 1.77. The predicted molar refractivity (Wildman–Crippen MR) is 126 cm³/mol. The Bertz CT molecular complexity index is 1370. The second-order valence-corrected chi connectivity index (χ2v) is 7.44. The molecule has 0 unspecified atom stereocenters. The molecule has 0 radical (unpaired) electrons. The highest BCUT2D eigenvalue weighted by molar-refractivity contribution is 5.94. The van der Waals surface area contributed by atoms with Crippen molar-refractivity contribution in [2.24, 2.45) is 0 Å². The van der Waals surface area contributed by atoms with E-state index in [2.05, 4.69) is 4.98 Å². The van der Waals surface area contributed by atoms with Crippen molar-refractivity contribution in [2.75, 3.05) is 14.2 Å². The molecule has 0 aliphatic rings. The fraction of sp³-hybridized carbons (Fsp3) is 0.0741. The molecule has 0 amide bonds. The van der Waals surface area contributed by atoms with E-state index in [-0.39, 0.29) is 5.75 Å². The van der Waals surface area contributed by atoms with Gasteiger partial charge in [0, 0.05) is 18.6 Å². The molecular weight excluding hydrogens is 400 g/mol. The molecule has 0 aliphatic heterocycles. The zero-order valence-electron chi connectivity index (χ0n) is 17.8. The molecule has 5 aromatic rings. The highest BCUT2D eigenvalue weighted by Crippen LogP contribution is 2.45. The minimum Gasteiger partial charge on any atom is -0.505 e. The molecule has 3 heterocycles. The molecule has 2 aromatic carbocycles. The number of aromatic nitrogens is 2. The number of fused-ring (bicyclic) bond motifs is 1. The van der Waals surface area contributed by atoms with Gasteiger partial charge in [0.25, 0.3) is 0 Å². The lowest BCUT2D eigenvalue weighted by Gasteiger charge is -2.09. The number of methoxy groups -OCH3 is 2. The smallest absolute Gasteiger partial charge is 0.149 e. The van der Waals surface area contributed by atoms with Crippen molar-refractivity contribution in [1.82, 2.24) is 9.38 Å². The summed E-state index contributed by atoms with van der Waals surface area (Å²) in [6, 6.07) is 23.6. The summed E-state index contributed by atoms with van der Waals surface area (Å²) in [5.74, 6) is 1.78. The molecule has 0 spiro atoms. The fourth-order valence-corrected chi connectivity index (χ4v) is 4.03. The van der Waals surface area contributed by atoms with Crippen LogP contribution in [0.1, 0.15) is 0 Å². The average Bonchev–Trinajstić information content (AvgIpc) is 3.16. The molecule has 5 rings (SSSR count). The summed E-state index contributed by atoms with van der Waals surface area (Å²) in [4.78, 5) is 4.10. The highest BCUT2D eigenvalue weighted by atomic mass is 16.5. The largest absolute Gasteiger partial charge is 0.505 e. The first kappa shape index (κ1) is 19.7. The van der Waals surface area contributed by atoms with Crippen LogP contribution in [0, 0.1) is 0 Å². The Kier molecular flexibility index (Phi) is 5.00. The second-order valence-electron chi connectivity index (χ2n) is 7.44. The molecule has 0 saturated carbocycles. The first-order valence-corrected chi connectivity index (χ1v) is 10.3. The number of benzene rings is 2. The lowest BCUT2D eigenvalue weighted by atomic mass is 10.0. The van der Waals surface area contributed by atoms with Gasteiger partial charge in [0.15, 0.2) is 0 Å². The summed E-state index contributed by atoms with van der Waals surface area (Å²) < 4.78 is 12.7. The molecule has 0 atom stereocenters. The van der Waals surface area contributed by atoms with Gasteiger partial charge in [-0.15, -0.1) is 0 Å². The van der Waals surface area contributed by atoms with Crippen molar-refractivity contribution in [3.8, 4) is 50.8 Å². The Morgan fingerprint density at radius 3 is 1.88 bits per heavy atom. The minimum absolute atomic E-state index is 0.233. The van der Waals surface area contributed by atoms with Crippen LogP contribution in [0.5, 0.6) is 17.2 Å². The van der Waals surface area contributed by atoms with E-state index in [9.17, 15) is 5.11 Å². The van der Waals surface area contributed by atoms with E-state index in [0.29, 0.717) is 0 Å². The number of hydrogen-bond donors (Lipinski definition) is 1. The van der Waals surface area contributed by atoms with E-state index in [0.717, 1.165) is 50.5 Å². The highest BCUT2D eigenvalue weighted by Gasteiger charge is 2.21. The van der Waals surface area contributed by atoms with Gasteiger partial charge in [-0.25, -0.2) is 0 Å². The second kappa shape index (κ2) is 8.12. The lowest BCUT2D eigenvalue weighted by molar-refractivity contribution is 0.414. The van der Waals surface area contributed by atoms with Crippen LogP contribution in [-0.2, 0) is 0 Å². The van der Waals surface area contributed by atoms with E-state index in [1.807, 2.05) is 83.4 Å². The van der Waals surface area contributed by atoms with Crippen molar-refractivity contribution < 1.29 is 14.6 Å². The van der Waals surface area contributed by atoms with E-state index < -0.39 is 0 Å². The van der Waals surface area contributed by atoms with E-state index in [4.69, 9.17) is 9.47 Å². The van der Waals surface area contributed by atoms with Crippen molar-refractivity contribution in [1.29, 1.82) is 0 Å². The number of ether oxygens (including phenoxy) is 2. The summed E-state index contributed by atoms with van der Waals surface area (Å²) in [6.07, 6.45) is 5.53. The summed E-state index contributed by atoms with van der Waals surface area (Å²) >= 11 is 0. The lowest BCUT2D eigenvalue weighted by Crippen LogP contribution is -1.91. The zero-order chi connectivity index (χ0) is 22.1. The predicted octanol–water partition coefficient (Wildman–Crippen LogP) is 6.06. The van der Waals surface area contributed by atoms with Gasteiger partial charge in [0.05, 0.1) is 31.0 Å². The molecule has 158 valence electrons. The van der Waals surface area contributed by atoms with Crippen LogP contribution in [-0.4, -0.2) is 28.7 Å². The number of nitrogens with zero attached hydrogens (tertiary/aromatic N) is 2. The minimum atomic E-state index is 0.233. The molecule has 1 N–H and O–H groups in total. The Morgan fingerprint density at radius 2 is 1.28 bits per heavy atom. The van der Waals surface area contributed by atoms with Gasteiger partial charge in [-0.2, -0.15) is 0 Å². The monoisotopic (exact) mass is 422 g/mol. The summed E-state index contributed by atoms with van der Waals surface area (Å²) in [6.45, 7) is 0. The summed E-state index contributed by atoms with van der Waals surface area (Å²) in [5.41, 5.74) is 6.34. The van der Waals surface area contributed by atoms with E-state index >= 15 is 0 Å². The van der Waals surface area contributed by atoms with Gasteiger partial charge in [0.1, 0.15) is 17.2 Å². The quantitative estimate of drug-likeness (QED) is 0.374. The number of rotatable bonds is 5. The maximum atomic E-state index is 11.4. The van der Waals surface area contributed by atoms with Gasteiger partial charge in [-0.1, -0.05) is 12.1 Å². The first-order valence-electron chi connectivity index (χ1n) is 10.3. The first-order chi connectivity index (χ1) is 15.7. The van der Waals surface area contributed by atoms with Crippen LogP contribution >= 0.6 is 0 Å². The number of aromatic hydroxyl groups is 1. The molecule has 0 bridgehead atoms. The van der Waals surface area contributed by atoms with Gasteiger partial charge in [-0.05, 0) is 82.9 Å². The maximum absolute atomic E-state index is 11.4. The maximum Gasteiger partial charge on any atom is 0.149 e. The zero-order valence-corrected chi connectivity index (χ0v) is 17.8. The van der Waals surface area contributed by atoms with Crippen LogP contribution in [0.3, 0.4) is 0 Å². The normalized spacial score (nSPS) is 10.9. The molecule has 3 aromatic heterocycles. The molecular formula is C27H22N2O3. The molecule has 5 heteroatoms. The van der Waals surface area contributed by atoms with Crippen LogP contribution in [0.2, 0.25) is 0 Å². The van der Waals surface area contributed by atoms with Crippen molar-refractivity contribution in [3.63, 3.8) is 0 Å². The van der Waals surface area contributed by atoms with Crippen LogP contribution in [0.4, 0.5) is 0 Å². The van der Waals surface area contributed by atoms with Crippen LogP contribution < -0.4 is 9.47 Å². The Hall–Kier alpha value is -4.25. The van der Waals surface area contributed by atoms with Crippen molar-refractivity contribution in [2.45, 2.75) is 0 Å². The third kappa shape index (κ3) is 3.34. The molecule has 0 aliphatic carbocycles. The van der Waals surface area contributed by atoms with Gasteiger partial charge >= 0.3 is 0 Å². The SMILES string of the molecule is COc1ccc(-c2c(O)c3cc(-c4ccncc4)ccn3c2-c2ccc(OC)cc2)cc1. The van der Waals surface area contributed by atoms with E-state index in [1.165, 1.54) is 0 Å². The Morgan fingerprint density at radius 1 is 0.688 bits per heavy atom. The fourth-order valence-electron chi connectivity index (χ4n) is 4.03. The molecule has 0 fully saturated rings. The van der Waals surface area contributed by atoms with E-state index in [1.54, 1.807) is 26.6 Å². The van der Waals surface area contributed by atoms with Crippen LogP contribution in [0.25, 0.3) is 39.0 Å². The Labute approximate surface area is 186 Å². The molecule has 5 nitrogen and oxygen atoms in total. The van der Waals surface area contributed by atoms with Gasteiger partial charge in [-0.3, -0.25) is 4.98 Å². The third-order valence-corrected chi connectivity index (χ3v) is 5.67. The van der Waals surface area contributed by atoms with Crippen LogP contribution in [0.15, 0.2) is 91.4 Å².